The van der Waals surface area contributed by atoms with Crippen LogP contribution in [-0.4, -0.2) is 21.0 Å². The van der Waals surface area contributed by atoms with Gasteiger partial charge in [0.05, 0.1) is 11.3 Å². The van der Waals surface area contributed by atoms with Crippen LogP contribution in [0.3, 0.4) is 0 Å². The van der Waals surface area contributed by atoms with Crippen LogP contribution >= 0.6 is 0 Å². The Labute approximate surface area is 156 Å². The van der Waals surface area contributed by atoms with Crippen molar-refractivity contribution in [3.05, 3.63) is 90.3 Å². The number of pyridine rings is 1. The number of carboxylic acid groups (broad SMARTS) is 1. The number of hydrogen-bond donors (Lipinski definition) is 3. The van der Waals surface area contributed by atoms with Gasteiger partial charge in [0.1, 0.15) is 5.65 Å². The van der Waals surface area contributed by atoms with Crippen molar-refractivity contribution in [1.82, 2.24) is 9.97 Å². The van der Waals surface area contributed by atoms with Gasteiger partial charge in [0, 0.05) is 29.0 Å². The van der Waals surface area contributed by atoms with Crippen LogP contribution in [0.15, 0.2) is 79.1 Å². The number of fused-ring (bicyclic) bond motifs is 1. The van der Waals surface area contributed by atoms with Crippen LogP contribution in [0, 0.1) is 0 Å². The lowest BCUT2D eigenvalue weighted by Crippen LogP contribution is -1.99. The van der Waals surface area contributed by atoms with E-state index in [2.05, 4.69) is 15.3 Å². The Bertz CT molecular complexity index is 1120. The number of rotatable bonds is 5. The second-order valence-electron chi connectivity index (χ2n) is 6.05. The molecule has 0 bridgehead atoms. The Morgan fingerprint density at radius 3 is 2.41 bits per heavy atom. The van der Waals surface area contributed by atoms with Crippen LogP contribution in [0.2, 0.25) is 0 Å². The molecule has 132 valence electrons. The minimum atomic E-state index is -0.975. The van der Waals surface area contributed by atoms with E-state index in [0.29, 0.717) is 11.2 Å². The molecule has 27 heavy (non-hydrogen) atoms. The zero-order chi connectivity index (χ0) is 18.6. The van der Waals surface area contributed by atoms with Gasteiger partial charge >= 0.3 is 5.97 Å². The van der Waals surface area contributed by atoms with Crippen LogP contribution in [0.5, 0.6) is 0 Å². The maximum Gasteiger partial charge on any atom is 0.336 e. The lowest BCUT2D eigenvalue weighted by atomic mass is 10.0. The molecule has 0 unspecified atom stereocenters. The zero-order valence-electron chi connectivity index (χ0n) is 14.4. The number of hydrogen-bond acceptors (Lipinski definition) is 3. The van der Waals surface area contributed by atoms with Crippen molar-refractivity contribution in [3.63, 3.8) is 0 Å². The highest BCUT2D eigenvalue weighted by atomic mass is 16.4. The molecule has 5 nitrogen and oxygen atoms in total. The Morgan fingerprint density at radius 1 is 1.00 bits per heavy atom. The van der Waals surface area contributed by atoms with E-state index < -0.39 is 5.97 Å². The van der Waals surface area contributed by atoms with Gasteiger partial charge in [-0.1, -0.05) is 48.5 Å². The fourth-order valence-electron chi connectivity index (χ4n) is 3.02. The topological polar surface area (TPSA) is 78.0 Å². The summed E-state index contributed by atoms with van der Waals surface area (Å²) >= 11 is 0. The monoisotopic (exact) mass is 355 g/mol. The normalized spacial score (nSPS) is 11.5. The minimum absolute atomic E-state index is 0.228. The van der Waals surface area contributed by atoms with Gasteiger partial charge in [0.15, 0.2) is 0 Å². The third kappa shape index (κ3) is 3.43. The second-order valence-corrected chi connectivity index (χ2v) is 6.05. The van der Waals surface area contributed by atoms with Gasteiger partial charge in [-0.05, 0) is 29.8 Å². The third-order valence-electron chi connectivity index (χ3n) is 4.27. The van der Waals surface area contributed by atoms with Crippen LogP contribution < -0.4 is 5.32 Å². The predicted octanol–water partition coefficient (Wildman–Crippen LogP) is 4.93. The molecule has 0 aliphatic rings. The maximum absolute atomic E-state index is 11.8. The number of para-hydroxylation sites is 1. The van der Waals surface area contributed by atoms with E-state index in [1.807, 2.05) is 54.6 Å². The molecule has 0 aliphatic heterocycles. The number of benzene rings is 2. The Balaban J connectivity index is 1.83. The summed E-state index contributed by atoms with van der Waals surface area (Å²) < 4.78 is 0. The number of nitrogens with one attached hydrogen (secondary N) is 2. The first kappa shape index (κ1) is 16.6. The molecule has 0 spiro atoms. The summed E-state index contributed by atoms with van der Waals surface area (Å²) in [5, 5.41) is 13.9. The van der Waals surface area contributed by atoms with Crippen molar-refractivity contribution in [1.29, 1.82) is 0 Å². The average Bonchev–Trinajstić information content (AvgIpc) is 3.11. The molecular formula is C22H17N3O2. The molecule has 4 aromatic rings. The van der Waals surface area contributed by atoms with E-state index in [4.69, 9.17) is 0 Å². The molecule has 5 heteroatoms. The number of anilines is 2. The summed E-state index contributed by atoms with van der Waals surface area (Å²) in [6, 6.07) is 20.8. The second kappa shape index (κ2) is 7.17. The molecular weight excluding hydrogens is 338 g/mol. The SMILES string of the molecule is O=C(O)C(=Cc1c[nH]c2nccc(Nc3ccccc3)c12)c1ccccc1. The number of aromatic amines is 1. The van der Waals surface area contributed by atoms with E-state index in [9.17, 15) is 9.90 Å². The maximum atomic E-state index is 11.8. The van der Waals surface area contributed by atoms with E-state index in [-0.39, 0.29) is 5.57 Å². The minimum Gasteiger partial charge on any atom is -0.478 e. The number of nitrogens with zero attached hydrogens (tertiary/aromatic N) is 1. The highest BCUT2D eigenvalue weighted by molar-refractivity contribution is 6.22. The van der Waals surface area contributed by atoms with Crippen LogP contribution in [0.1, 0.15) is 11.1 Å². The van der Waals surface area contributed by atoms with E-state index in [1.54, 1.807) is 30.6 Å². The molecule has 3 N–H and O–H groups in total. The summed E-state index contributed by atoms with van der Waals surface area (Å²) in [5.41, 5.74) is 4.14. The van der Waals surface area contributed by atoms with Gasteiger partial charge in [0.25, 0.3) is 0 Å². The third-order valence-corrected chi connectivity index (χ3v) is 4.27. The first-order valence-corrected chi connectivity index (χ1v) is 8.51. The highest BCUT2D eigenvalue weighted by Crippen LogP contribution is 2.30. The van der Waals surface area contributed by atoms with Crippen molar-refractivity contribution in [2.75, 3.05) is 5.32 Å². The van der Waals surface area contributed by atoms with Crippen molar-refractivity contribution in [3.8, 4) is 0 Å². The molecule has 2 aromatic heterocycles. The molecule has 0 saturated carbocycles. The fraction of sp³-hybridized carbons (Fsp3) is 0. The molecule has 0 amide bonds. The molecule has 0 atom stereocenters. The molecule has 0 saturated heterocycles. The Hall–Kier alpha value is -3.86. The summed E-state index contributed by atoms with van der Waals surface area (Å²) in [6.45, 7) is 0. The van der Waals surface area contributed by atoms with Gasteiger partial charge in [-0.15, -0.1) is 0 Å². The molecule has 2 heterocycles. The number of H-pyrrole nitrogens is 1. The summed E-state index contributed by atoms with van der Waals surface area (Å²) in [4.78, 5) is 19.3. The Morgan fingerprint density at radius 2 is 1.70 bits per heavy atom. The molecule has 4 rings (SSSR count). The van der Waals surface area contributed by atoms with Crippen LogP contribution in [0.4, 0.5) is 11.4 Å². The number of aromatic nitrogens is 2. The molecule has 0 fully saturated rings. The lowest BCUT2D eigenvalue weighted by molar-refractivity contribution is -0.130. The van der Waals surface area contributed by atoms with Crippen molar-refractivity contribution in [2.45, 2.75) is 0 Å². The summed E-state index contributed by atoms with van der Waals surface area (Å²) in [5.74, 6) is -0.975. The smallest absolute Gasteiger partial charge is 0.336 e. The zero-order valence-corrected chi connectivity index (χ0v) is 14.4. The van der Waals surface area contributed by atoms with Crippen molar-refractivity contribution >= 4 is 40.0 Å². The number of carboxylic acids is 1. The van der Waals surface area contributed by atoms with E-state index in [1.165, 1.54) is 0 Å². The largest absolute Gasteiger partial charge is 0.478 e. The molecule has 0 radical (unpaired) electrons. The van der Waals surface area contributed by atoms with E-state index in [0.717, 1.165) is 22.3 Å². The van der Waals surface area contributed by atoms with Crippen molar-refractivity contribution in [2.24, 2.45) is 0 Å². The first-order chi connectivity index (χ1) is 13.2. The molecule has 2 aromatic carbocycles. The van der Waals surface area contributed by atoms with Crippen LogP contribution in [-0.2, 0) is 4.79 Å². The first-order valence-electron chi connectivity index (χ1n) is 8.51. The van der Waals surface area contributed by atoms with Gasteiger partial charge < -0.3 is 15.4 Å². The standard InChI is InChI=1S/C22H17N3O2/c26-22(27)18(15-7-3-1-4-8-15)13-16-14-24-21-20(16)19(11-12-23-21)25-17-9-5-2-6-10-17/h1-14H,(H,26,27)(H2,23,24,25). The van der Waals surface area contributed by atoms with E-state index >= 15 is 0 Å². The van der Waals surface area contributed by atoms with Crippen molar-refractivity contribution < 1.29 is 9.90 Å². The number of aliphatic carboxylic acids is 1. The highest BCUT2D eigenvalue weighted by Gasteiger charge is 2.14. The summed E-state index contributed by atoms with van der Waals surface area (Å²) in [7, 11) is 0. The quantitative estimate of drug-likeness (QED) is 0.444. The average molecular weight is 355 g/mol. The Kier molecular flexibility index (Phi) is 4.41. The van der Waals surface area contributed by atoms with Gasteiger partial charge in [-0.2, -0.15) is 0 Å². The van der Waals surface area contributed by atoms with Crippen LogP contribution in [0.25, 0.3) is 22.7 Å². The molecule has 0 aliphatic carbocycles. The van der Waals surface area contributed by atoms with Gasteiger partial charge in [0.2, 0.25) is 0 Å². The van der Waals surface area contributed by atoms with Gasteiger partial charge in [-0.25, -0.2) is 9.78 Å². The fourth-order valence-corrected chi connectivity index (χ4v) is 3.02. The number of carbonyl (C=O) groups is 1. The summed E-state index contributed by atoms with van der Waals surface area (Å²) in [6.07, 6.45) is 5.17. The van der Waals surface area contributed by atoms with Gasteiger partial charge in [-0.3, -0.25) is 0 Å². The lowest BCUT2D eigenvalue weighted by Gasteiger charge is -2.09. The predicted molar refractivity (Wildman–Crippen MR) is 108 cm³/mol.